The van der Waals surface area contributed by atoms with Crippen LogP contribution in [-0.4, -0.2) is 163 Å². The first-order valence-electron chi connectivity index (χ1n) is 22.2. The number of methoxy groups -OCH3 is 1. The Morgan fingerprint density at radius 1 is 0.794 bits per heavy atom. The minimum atomic E-state index is -0.184. The van der Waals surface area contributed by atoms with Crippen molar-refractivity contribution in [2.75, 3.05) is 105 Å². The Balaban J connectivity index is 0.964. The third-order valence-electron chi connectivity index (χ3n) is 10.7. The van der Waals surface area contributed by atoms with Crippen molar-refractivity contribution >= 4 is 23.2 Å². The number of morpholine rings is 1. The molecule has 348 valence electrons. The number of halogens is 1. The van der Waals surface area contributed by atoms with Crippen LogP contribution >= 0.6 is 11.6 Å². The van der Waals surface area contributed by atoms with E-state index in [-0.39, 0.29) is 24.4 Å². The molecule has 1 N–H and O–H groups in total. The topological polar surface area (TPSA) is 173 Å². The molecule has 2 fully saturated rings. The summed E-state index contributed by atoms with van der Waals surface area (Å²) in [5.74, 6) is 1.50. The largest absolute Gasteiger partial charge is 0.487 e. The Hall–Kier alpha value is -3.98. The summed E-state index contributed by atoms with van der Waals surface area (Å²) in [6.45, 7) is 15.0. The van der Waals surface area contributed by atoms with Crippen molar-refractivity contribution < 1.29 is 42.6 Å². The number of hydrogen-bond acceptors (Lipinski definition) is 16. The van der Waals surface area contributed by atoms with E-state index in [0.29, 0.717) is 127 Å². The molecule has 4 heterocycles. The normalized spacial score (nSPS) is 19.9. The third-order valence-corrected chi connectivity index (χ3v) is 11.0. The molecule has 3 aromatic heterocycles. The van der Waals surface area contributed by atoms with Crippen molar-refractivity contribution in [3.05, 3.63) is 54.5 Å². The Morgan fingerprint density at radius 3 is 2.03 bits per heavy atom. The van der Waals surface area contributed by atoms with E-state index in [1.165, 1.54) is 6.33 Å². The molecule has 1 aliphatic carbocycles. The molecule has 4 aromatic rings. The first-order valence-corrected chi connectivity index (χ1v) is 22.6. The fraction of sp³-hybridized carbons (Fsp3) is 0.659. The zero-order valence-electron chi connectivity index (χ0n) is 37.3. The van der Waals surface area contributed by atoms with Gasteiger partial charge in [0, 0.05) is 57.2 Å². The highest BCUT2D eigenvalue weighted by Crippen LogP contribution is 2.36. The van der Waals surface area contributed by atoms with Gasteiger partial charge in [0.15, 0.2) is 0 Å². The van der Waals surface area contributed by atoms with Crippen LogP contribution in [0, 0.1) is 0 Å². The smallest absolute Gasteiger partial charge is 0.256 e. The lowest BCUT2D eigenvalue weighted by Gasteiger charge is -2.42. The lowest BCUT2D eigenvalue weighted by Crippen LogP contribution is -2.51. The number of benzene rings is 1. The maximum atomic E-state index is 6.52. The second-order valence-corrected chi connectivity index (χ2v) is 16.3. The van der Waals surface area contributed by atoms with Crippen LogP contribution in [0.5, 0.6) is 11.6 Å². The second-order valence-electron chi connectivity index (χ2n) is 15.9. The van der Waals surface area contributed by atoms with Gasteiger partial charge in [-0.05, 0) is 64.2 Å². The van der Waals surface area contributed by atoms with Gasteiger partial charge in [-0.15, -0.1) is 5.10 Å². The summed E-state index contributed by atoms with van der Waals surface area (Å²) in [5, 5.41) is 13.0. The molecule has 63 heavy (non-hydrogen) atoms. The van der Waals surface area contributed by atoms with Crippen LogP contribution in [-0.2, 0) is 39.7 Å². The van der Waals surface area contributed by atoms with E-state index in [4.69, 9.17) is 59.3 Å². The van der Waals surface area contributed by atoms with Crippen LogP contribution in [0.2, 0.25) is 5.02 Å². The van der Waals surface area contributed by atoms with Crippen LogP contribution in [0.4, 0.5) is 11.6 Å². The van der Waals surface area contributed by atoms with Gasteiger partial charge in [-0.3, -0.25) is 9.58 Å². The molecule has 1 aliphatic heterocycles. The Bertz CT molecular complexity index is 1840. The average molecular weight is 901 g/mol. The summed E-state index contributed by atoms with van der Waals surface area (Å²) >= 11 is 6.52. The van der Waals surface area contributed by atoms with Crippen molar-refractivity contribution in [2.24, 2.45) is 0 Å². The van der Waals surface area contributed by atoms with Gasteiger partial charge in [0.1, 0.15) is 30.2 Å². The van der Waals surface area contributed by atoms with Crippen molar-refractivity contribution in [2.45, 2.75) is 89.8 Å². The molecular weight excluding hydrogens is 834 g/mol. The van der Waals surface area contributed by atoms with E-state index in [2.05, 4.69) is 48.8 Å². The Morgan fingerprint density at radius 2 is 1.41 bits per heavy atom. The fourth-order valence-electron chi connectivity index (χ4n) is 7.69. The minimum absolute atomic E-state index is 0.184. The van der Waals surface area contributed by atoms with Crippen LogP contribution in [0.3, 0.4) is 0 Å². The van der Waals surface area contributed by atoms with Crippen LogP contribution in [0.25, 0.3) is 11.1 Å². The van der Waals surface area contributed by atoms with E-state index in [9.17, 15) is 0 Å². The fourth-order valence-corrected chi connectivity index (χ4v) is 7.85. The standard InChI is InChI=1S/C44H66ClN9O9/c1-33-27-52(28-34(2)62-33)38-7-9-39(10-8-38)54-30-41(43(51-54)61-13-5-12-56-16-17-58-20-21-60-23-22-59-19-18-57-15-14-55-4)50-44-47-25-37(26-48-44)36-6-11-40(45)42(24-36)63-35(3)29-53-32-46-31-49-53/h6,11,24-26,30-35,38-39H,5,7-10,12-23,27-29H2,1-4H3,(H,47,48,50)/t33-,34+,35-,38?,39?/m0/s1. The molecular formula is C44H66ClN9O9. The third kappa shape index (κ3) is 16.5. The SMILES string of the molecule is COCCOCCOCCOCCOCCOCCCOc1nn(C2CCC(N3C[C@@H](C)O[C@@H](C)C3)CC2)cc1Nc1ncc(-c2ccc(Cl)c(O[C@@H](C)Cn3cncn3)c2)cn1. The summed E-state index contributed by atoms with van der Waals surface area (Å²) in [4.78, 5) is 15.9. The van der Waals surface area contributed by atoms with E-state index >= 15 is 0 Å². The van der Waals surface area contributed by atoms with Gasteiger partial charge in [-0.2, -0.15) is 5.10 Å². The van der Waals surface area contributed by atoms with Gasteiger partial charge in [-0.25, -0.2) is 19.6 Å². The van der Waals surface area contributed by atoms with Gasteiger partial charge in [0.05, 0.1) is 109 Å². The van der Waals surface area contributed by atoms with E-state index < -0.39 is 0 Å². The predicted octanol–water partition coefficient (Wildman–Crippen LogP) is 5.89. The molecule has 0 bridgehead atoms. The molecule has 0 unspecified atom stereocenters. The molecule has 0 amide bonds. The molecule has 0 radical (unpaired) electrons. The van der Waals surface area contributed by atoms with Crippen molar-refractivity contribution in [3.63, 3.8) is 0 Å². The molecule has 6 rings (SSSR count). The maximum Gasteiger partial charge on any atom is 0.256 e. The molecule has 2 aliphatic rings. The number of ether oxygens (including phenoxy) is 9. The monoisotopic (exact) mass is 899 g/mol. The first-order chi connectivity index (χ1) is 30.8. The van der Waals surface area contributed by atoms with Crippen LogP contribution in [0.1, 0.15) is 58.9 Å². The van der Waals surface area contributed by atoms with Crippen LogP contribution in [0.15, 0.2) is 49.4 Å². The zero-order valence-corrected chi connectivity index (χ0v) is 38.0. The van der Waals surface area contributed by atoms with Crippen molar-refractivity contribution in [3.8, 4) is 22.8 Å². The van der Waals surface area contributed by atoms with Gasteiger partial charge >= 0.3 is 0 Å². The van der Waals surface area contributed by atoms with Crippen molar-refractivity contribution in [1.82, 2.24) is 39.4 Å². The zero-order chi connectivity index (χ0) is 44.1. The predicted molar refractivity (Wildman–Crippen MR) is 237 cm³/mol. The summed E-state index contributed by atoms with van der Waals surface area (Å²) in [7, 11) is 1.65. The second kappa shape index (κ2) is 26.7. The molecule has 1 aromatic carbocycles. The first kappa shape index (κ1) is 48.5. The maximum absolute atomic E-state index is 6.52. The van der Waals surface area contributed by atoms with Crippen LogP contribution < -0.4 is 14.8 Å². The summed E-state index contributed by atoms with van der Waals surface area (Å²) in [5.41, 5.74) is 2.40. The van der Waals surface area contributed by atoms with E-state index in [1.54, 1.807) is 30.5 Å². The lowest BCUT2D eigenvalue weighted by atomic mass is 9.89. The molecule has 1 saturated heterocycles. The molecule has 19 heteroatoms. The Labute approximate surface area is 376 Å². The number of hydrogen-bond donors (Lipinski definition) is 1. The minimum Gasteiger partial charge on any atom is -0.487 e. The molecule has 18 nitrogen and oxygen atoms in total. The van der Waals surface area contributed by atoms with Gasteiger partial charge in [-0.1, -0.05) is 17.7 Å². The highest BCUT2D eigenvalue weighted by molar-refractivity contribution is 6.32. The summed E-state index contributed by atoms with van der Waals surface area (Å²) < 4.78 is 55.0. The highest BCUT2D eigenvalue weighted by Gasteiger charge is 2.32. The number of nitrogens with one attached hydrogen (secondary N) is 1. The average Bonchev–Trinajstić information content (AvgIpc) is 3.95. The Kier molecular flexibility index (Phi) is 20.6. The van der Waals surface area contributed by atoms with Gasteiger partial charge < -0.3 is 47.9 Å². The molecule has 1 saturated carbocycles. The number of nitrogens with zero attached hydrogens (tertiary/aromatic N) is 8. The summed E-state index contributed by atoms with van der Waals surface area (Å²) in [6.07, 6.45) is 14.0. The van der Waals surface area contributed by atoms with E-state index in [1.807, 2.05) is 31.3 Å². The lowest BCUT2D eigenvalue weighted by molar-refractivity contribution is -0.0852. The quantitative estimate of drug-likeness (QED) is 0.0639. The van der Waals surface area contributed by atoms with Gasteiger partial charge in [0.25, 0.3) is 5.88 Å². The summed E-state index contributed by atoms with van der Waals surface area (Å²) in [6, 6.07) is 6.45. The molecule has 3 atom stereocenters. The van der Waals surface area contributed by atoms with Gasteiger partial charge in [0.2, 0.25) is 5.95 Å². The van der Waals surface area contributed by atoms with Crippen molar-refractivity contribution in [1.29, 1.82) is 0 Å². The number of aromatic nitrogens is 7. The number of anilines is 2. The highest BCUT2D eigenvalue weighted by atomic mass is 35.5. The molecule has 0 spiro atoms. The number of rotatable bonds is 29. The van der Waals surface area contributed by atoms with E-state index in [0.717, 1.165) is 49.9 Å².